The van der Waals surface area contributed by atoms with Gasteiger partial charge >= 0.3 is 0 Å². The van der Waals surface area contributed by atoms with Crippen LogP contribution in [0.4, 0.5) is 8.78 Å². The summed E-state index contributed by atoms with van der Waals surface area (Å²) in [4.78, 5) is 13.6. The highest BCUT2D eigenvalue weighted by atomic mass is 32.2. The molecule has 3 aliphatic carbocycles. The summed E-state index contributed by atoms with van der Waals surface area (Å²) >= 11 is 0. The molecule has 212 valence electrons. The standard InChI is InChI=1S/C29H29F2N7O2S/c1-28(2)19-8-11-29(28,26-18(19)14-22(35-36-26)25-20(30)4-3-5-21(25)31)23-9-12-32-27(34-23)38-16-33-24(37-38)10-13-41(39,40)15-17-6-7-17/h3-5,9,12,14,16-17,19H,6-8,10-11,13,15H2,1-2H3/t19-,29+/m0/s1. The van der Waals surface area contributed by atoms with E-state index in [1.807, 2.05) is 6.07 Å². The zero-order chi connectivity index (χ0) is 28.6. The second-order valence-electron chi connectivity index (χ2n) is 12.0. The zero-order valence-corrected chi connectivity index (χ0v) is 23.6. The Kier molecular flexibility index (Phi) is 5.87. The molecule has 2 fully saturated rings. The molecule has 2 saturated carbocycles. The normalized spacial score (nSPS) is 22.7. The number of halogens is 2. The van der Waals surface area contributed by atoms with Crippen LogP contribution < -0.4 is 0 Å². The third-order valence-electron chi connectivity index (χ3n) is 9.25. The van der Waals surface area contributed by atoms with E-state index < -0.39 is 26.9 Å². The van der Waals surface area contributed by atoms with E-state index in [1.165, 1.54) is 29.2 Å². The summed E-state index contributed by atoms with van der Waals surface area (Å²) < 4.78 is 55.3. The molecule has 3 aliphatic rings. The number of rotatable bonds is 8. The van der Waals surface area contributed by atoms with Crippen molar-refractivity contribution in [3.05, 3.63) is 77.3 Å². The second-order valence-corrected chi connectivity index (χ2v) is 14.2. The van der Waals surface area contributed by atoms with Crippen LogP contribution in [-0.4, -0.2) is 54.9 Å². The van der Waals surface area contributed by atoms with E-state index in [1.54, 1.807) is 12.3 Å². The Morgan fingerprint density at radius 1 is 1.05 bits per heavy atom. The van der Waals surface area contributed by atoms with Gasteiger partial charge in [0.25, 0.3) is 5.95 Å². The molecule has 9 nitrogen and oxygen atoms in total. The second kappa shape index (κ2) is 9.17. The predicted octanol–water partition coefficient (Wildman–Crippen LogP) is 4.36. The molecule has 0 radical (unpaired) electrons. The average Bonchev–Trinajstić information content (AvgIpc) is 3.46. The van der Waals surface area contributed by atoms with Crippen molar-refractivity contribution in [1.29, 1.82) is 0 Å². The maximum atomic E-state index is 14.6. The molecule has 0 aliphatic heterocycles. The number of benzene rings is 1. The van der Waals surface area contributed by atoms with Crippen molar-refractivity contribution in [2.45, 2.75) is 57.3 Å². The fourth-order valence-electron chi connectivity index (χ4n) is 6.94. The first-order chi connectivity index (χ1) is 19.6. The molecule has 2 bridgehead atoms. The first-order valence-electron chi connectivity index (χ1n) is 13.9. The lowest BCUT2D eigenvalue weighted by molar-refractivity contribution is 0.242. The van der Waals surface area contributed by atoms with Gasteiger partial charge in [0.1, 0.15) is 18.0 Å². The van der Waals surface area contributed by atoms with Crippen molar-refractivity contribution in [2.24, 2.45) is 11.3 Å². The van der Waals surface area contributed by atoms with E-state index in [0.29, 0.717) is 17.7 Å². The first kappa shape index (κ1) is 26.2. The van der Waals surface area contributed by atoms with Gasteiger partial charge in [-0.15, -0.1) is 10.2 Å². The number of hydrogen-bond acceptors (Lipinski definition) is 8. The highest BCUT2D eigenvalue weighted by Crippen LogP contribution is 2.69. The van der Waals surface area contributed by atoms with E-state index in [-0.39, 0.29) is 40.5 Å². The third kappa shape index (κ3) is 4.17. The molecule has 41 heavy (non-hydrogen) atoms. The largest absolute Gasteiger partial charge is 0.252 e. The van der Waals surface area contributed by atoms with Crippen LogP contribution >= 0.6 is 0 Å². The number of aryl methyl sites for hydroxylation is 1. The van der Waals surface area contributed by atoms with E-state index in [4.69, 9.17) is 4.98 Å². The van der Waals surface area contributed by atoms with Crippen molar-refractivity contribution in [3.8, 4) is 17.2 Å². The number of sulfone groups is 1. The minimum Gasteiger partial charge on any atom is -0.229 e. The van der Waals surface area contributed by atoms with Crippen LogP contribution in [0.1, 0.15) is 68.2 Å². The summed E-state index contributed by atoms with van der Waals surface area (Å²) in [7, 11) is -3.14. The number of fused-ring (bicyclic) bond motifs is 5. The van der Waals surface area contributed by atoms with Gasteiger partial charge in [-0.3, -0.25) is 0 Å². The summed E-state index contributed by atoms with van der Waals surface area (Å²) in [5.41, 5.74) is 1.58. The smallest absolute Gasteiger partial charge is 0.229 e. The Morgan fingerprint density at radius 3 is 2.59 bits per heavy atom. The van der Waals surface area contributed by atoms with Crippen molar-refractivity contribution in [3.63, 3.8) is 0 Å². The maximum Gasteiger partial charge on any atom is 0.252 e. The fraction of sp³-hybridized carbons (Fsp3) is 0.448. The molecular formula is C29H29F2N7O2S. The molecule has 0 saturated heterocycles. The predicted molar refractivity (Wildman–Crippen MR) is 146 cm³/mol. The van der Waals surface area contributed by atoms with Gasteiger partial charge in [0, 0.05) is 12.6 Å². The molecule has 0 amide bonds. The fourth-order valence-corrected chi connectivity index (χ4v) is 8.65. The molecule has 1 aromatic carbocycles. The first-order valence-corrected chi connectivity index (χ1v) is 15.7. The van der Waals surface area contributed by atoms with Crippen LogP contribution in [0.25, 0.3) is 17.2 Å². The van der Waals surface area contributed by atoms with Gasteiger partial charge in [0.2, 0.25) is 0 Å². The number of hydrogen-bond donors (Lipinski definition) is 0. The molecule has 7 rings (SSSR count). The van der Waals surface area contributed by atoms with Crippen LogP contribution in [-0.2, 0) is 21.7 Å². The Hall–Kier alpha value is -3.67. The highest BCUT2D eigenvalue weighted by molar-refractivity contribution is 7.91. The third-order valence-corrected chi connectivity index (χ3v) is 11.1. The highest BCUT2D eigenvalue weighted by Gasteiger charge is 2.65. The van der Waals surface area contributed by atoms with Crippen molar-refractivity contribution >= 4 is 9.84 Å². The van der Waals surface area contributed by atoms with Crippen LogP contribution in [0.3, 0.4) is 0 Å². The lowest BCUT2D eigenvalue weighted by Gasteiger charge is -2.37. The van der Waals surface area contributed by atoms with E-state index >= 15 is 0 Å². The van der Waals surface area contributed by atoms with Gasteiger partial charge in [0.15, 0.2) is 15.7 Å². The Balaban J connectivity index is 1.22. The molecular weight excluding hydrogens is 548 g/mol. The summed E-state index contributed by atoms with van der Waals surface area (Å²) in [5, 5.41) is 13.3. The van der Waals surface area contributed by atoms with Crippen molar-refractivity contribution in [1.82, 2.24) is 34.9 Å². The van der Waals surface area contributed by atoms with Crippen molar-refractivity contribution in [2.75, 3.05) is 11.5 Å². The average molecular weight is 578 g/mol. The van der Waals surface area contributed by atoms with E-state index in [0.717, 1.165) is 42.6 Å². The van der Waals surface area contributed by atoms with E-state index in [9.17, 15) is 17.2 Å². The molecule has 0 N–H and O–H groups in total. The SMILES string of the molecule is CC1(C)[C@H]2CC[C@@]1(c1ccnc(-n3cnc(CCS(=O)(=O)CC4CC4)n3)n1)c1nnc(-c3c(F)cccc3F)cc12. The summed E-state index contributed by atoms with van der Waals surface area (Å²) in [6.45, 7) is 4.35. The van der Waals surface area contributed by atoms with Crippen LogP contribution in [0.2, 0.25) is 0 Å². The number of aromatic nitrogens is 7. The molecule has 0 unspecified atom stereocenters. The summed E-state index contributed by atoms with van der Waals surface area (Å²) in [6, 6.07) is 7.42. The lowest BCUT2D eigenvalue weighted by atomic mass is 9.66. The van der Waals surface area contributed by atoms with E-state index in [2.05, 4.69) is 39.1 Å². The van der Waals surface area contributed by atoms with Crippen molar-refractivity contribution < 1.29 is 17.2 Å². The Labute approximate surface area is 236 Å². The Bertz CT molecular complexity index is 1770. The van der Waals surface area contributed by atoms with Gasteiger partial charge < -0.3 is 0 Å². The minimum absolute atomic E-state index is 0.0152. The van der Waals surface area contributed by atoms with Gasteiger partial charge in [-0.2, -0.15) is 9.78 Å². The minimum atomic E-state index is -3.14. The maximum absolute atomic E-state index is 14.6. The van der Waals surface area contributed by atoms with Gasteiger partial charge in [-0.25, -0.2) is 32.2 Å². The lowest BCUT2D eigenvalue weighted by Crippen LogP contribution is -2.38. The van der Waals surface area contributed by atoms with Crippen LogP contribution in [0.5, 0.6) is 0 Å². The summed E-state index contributed by atoms with van der Waals surface area (Å²) in [6.07, 6.45) is 7.03. The molecule has 0 spiro atoms. The molecule has 4 aromatic rings. The topological polar surface area (TPSA) is 116 Å². The van der Waals surface area contributed by atoms with Crippen LogP contribution in [0, 0.1) is 23.0 Å². The monoisotopic (exact) mass is 577 g/mol. The molecule has 3 aromatic heterocycles. The number of nitrogens with zero attached hydrogens (tertiary/aromatic N) is 7. The molecule has 12 heteroatoms. The quantitative estimate of drug-likeness (QED) is 0.303. The van der Waals surface area contributed by atoms with Gasteiger partial charge in [0.05, 0.1) is 39.6 Å². The van der Waals surface area contributed by atoms with Gasteiger partial charge in [-0.1, -0.05) is 19.9 Å². The Morgan fingerprint density at radius 2 is 1.83 bits per heavy atom. The molecule has 3 heterocycles. The summed E-state index contributed by atoms with van der Waals surface area (Å²) in [5.74, 6) is 0.0490. The zero-order valence-electron chi connectivity index (χ0n) is 22.8. The molecule has 2 atom stereocenters. The van der Waals surface area contributed by atoms with Crippen LogP contribution in [0.15, 0.2) is 42.9 Å². The van der Waals surface area contributed by atoms with Gasteiger partial charge in [-0.05, 0) is 72.8 Å².